The summed E-state index contributed by atoms with van der Waals surface area (Å²) in [5.74, 6) is -0.242. The van der Waals surface area contributed by atoms with Gasteiger partial charge in [0.15, 0.2) is 0 Å². The zero-order chi connectivity index (χ0) is 7.40. The van der Waals surface area contributed by atoms with Crippen LogP contribution in [0.5, 0.6) is 0 Å². The Hall–Kier alpha value is -0.570. The molecule has 57 valence electrons. The van der Waals surface area contributed by atoms with Crippen LogP contribution >= 0.6 is 0 Å². The largest absolute Gasteiger partial charge is 0.370 e. The van der Waals surface area contributed by atoms with Gasteiger partial charge in [-0.25, -0.2) is 0 Å². The van der Waals surface area contributed by atoms with Gasteiger partial charge in [0.2, 0.25) is 5.91 Å². The molecule has 0 aromatic heterocycles. The summed E-state index contributed by atoms with van der Waals surface area (Å²) >= 11 is 0. The molecule has 3 nitrogen and oxygen atoms in total. The quantitative estimate of drug-likeness (QED) is 0.572. The van der Waals surface area contributed by atoms with Crippen LogP contribution in [0.25, 0.3) is 0 Å². The van der Waals surface area contributed by atoms with Crippen LogP contribution in [-0.2, 0) is 4.79 Å². The van der Waals surface area contributed by atoms with Gasteiger partial charge in [0.1, 0.15) is 0 Å². The Morgan fingerprint density at radius 3 is 3.10 bits per heavy atom. The summed E-state index contributed by atoms with van der Waals surface area (Å²) in [5, 5.41) is 3.25. The van der Waals surface area contributed by atoms with Crippen molar-refractivity contribution in [2.45, 2.75) is 25.3 Å². The molecular weight excluding hydrogens is 128 g/mol. The molecule has 0 unspecified atom stereocenters. The molecule has 0 aromatic carbocycles. The maximum atomic E-state index is 10.3. The number of nitrogens with two attached hydrogens (primary N) is 1. The SMILES string of the molecule is NC(=O)C[CH][C@@H]1CCCN1. The molecule has 1 radical (unpaired) electrons. The van der Waals surface area contributed by atoms with E-state index in [9.17, 15) is 4.79 Å². The van der Waals surface area contributed by atoms with Crippen LogP contribution in [0.1, 0.15) is 19.3 Å². The fourth-order valence-corrected chi connectivity index (χ4v) is 1.17. The first-order chi connectivity index (χ1) is 4.79. The number of amides is 1. The molecule has 3 heteroatoms. The van der Waals surface area contributed by atoms with Gasteiger partial charge in [-0.3, -0.25) is 4.79 Å². The molecule has 1 rings (SSSR count). The van der Waals surface area contributed by atoms with E-state index < -0.39 is 0 Å². The van der Waals surface area contributed by atoms with E-state index in [-0.39, 0.29) is 5.91 Å². The minimum Gasteiger partial charge on any atom is -0.370 e. The lowest BCUT2D eigenvalue weighted by atomic mass is 10.1. The normalized spacial score (nSPS) is 25.0. The van der Waals surface area contributed by atoms with Gasteiger partial charge >= 0.3 is 0 Å². The first-order valence-electron chi connectivity index (χ1n) is 3.64. The van der Waals surface area contributed by atoms with Crippen molar-refractivity contribution in [3.63, 3.8) is 0 Å². The first kappa shape index (κ1) is 7.54. The number of hydrogen-bond donors (Lipinski definition) is 2. The number of carbonyl (C=O) groups excluding carboxylic acids is 1. The molecule has 0 aromatic rings. The molecule has 0 saturated carbocycles. The molecule has 3 N–H and O–H groups in total. The summed E-state index contributed by atoms with van der Waals surface area (Å²) in [5.41, 5.74) is 4.97. The second-order valence-electron chi connectivity index (χ2n) is 2.61. The van der Waals surface area contributed by atoms with Gasteiger partial charge in [0.25, 0.3) is 0 Å². The molecule has 0 spiro atoms. The van der Waals surface area contributed by atoms with E-state index in [2.05, 4.69) is 5.32 Å². The highest BCUT2D eigenvalue weighted by molar-refractivity contribution is 5.74. The lowest BCUT2D eigenvalue weighted by Gasteiger charge is -2.05. The predicted octanol–water partition coefficient (Wildman–Crippen LogP) is -0.182. The minimum atomic E-state index is -0.242. The molecule has 0 aliphatic carbocycles. The molecule has 1 heterocycles. The van der Waals surface area contributed by atoms with E-state index in [1.54, 1.807) is 0 Å². The summed E-state index contributed by atoms with van der Waals surface area (Å²) in [6.07, 6.45) is 4.71. The Morgan fingerprint density at radius 2 is 2.60 bits per heavy atom. The molecule has 10 heavy (non-hydrogen) atoms. The topological polar surface area (TPSA) is 55.1 Å². The third-order valence-electron chi connectivity index (χ3n) is 1.70. The number of rotatable bonds is 3. The highest BCUT2D eigenvalue weighted by Crippen LogP contribution is 2.08. The van der Waals surface area contributed by atoms with Crippen LogP contribution in [-0.4, -0.2) is 18.5 Å². The molecule has 1 aliphatic heterocycles. The fraction of sp³-hybridized carbons (Fsp3) is 0.714. The van der Waals surface area contributed by atoms with Crippen LogP contribution in [0.2, 0.25) is 0 Å². The third-order valence-corrected chi connectivity index (χ3v) is 1.70. The molecule has 1 atom stereocenters. The Labute approximate surface area is 61.0 Å². The van der Waals surface area contributed by atoms with Gasteiger partial charge in [-0.15, -0.1) is 0 Å². The van der Waals surface area contributed by atoms with Gasteiger partial charge < -0.3 is 11.1 Å². The number of nitrogens with one attached hydrogen (secondary N) is 1. The summed E-state index contributed by atoms with van der Waals surface area (Å²) in [6, 6.07) is 0.424. The third kappa shape index (κ3) is 2.35. The van der Waals surface area contributed by atoms with Crippen molar-refractivity contribution >= 4 is 5.91 Å². The Morgan fingerprint density at radius 1 is 1.80 bits per heavy atom. The Kier molecular flexibility index (Phi) is 2.68. The van der Waals surface area contributed by atoms with Gasteiger partial charge in [0.05, 0.1) is 0 Å². The second kappa shape index (κ2) is 3.56. The lowest BCUT2D eigenvalue weighted by Crippen LogP contribution is -2.24. The van der Waals surface area contributed by atoms with E-state index in [0.29, 0.717) is 12.5 Å². The zero-order valence-corrected chi connectivity index (χ0v) is 5.97. The van der Waals surface area contributed by atoms with Crippen molar-refractivity contribution in [2.24, 2.45) is 5.73 Å². The second-order valence-corrected chi connectivity index (χ2v) is 2.61. The van der Waals surface area contributed by atoms with Crippen LogP contribution in [0.4, 0.5) is 0 Å². The van der Waals surface area contributed by atoms with Crippen LogP contribution < -0.4 is 11.1 Å². The summed E-state index contributed by atoms with van der Waals surface area (Å²) in [6.45, 7) is 1.07. The van der Waals surface area contributed by atoms with Gasteiger partial charge in [-0.2, -0.15) is 0 Å². The fourth-order valence-electron chi connectivity index (χ4n) is 1.17. The maximum absolute atomic E-state index is 10.3. The minimum absolute atomic E-state index is 0.242. The summed E-state index contributed by atoms with van der Waals surface area (Å²) in [4.78, 5) is 10.3. The van der Waals surface area contributed by atoms with E-state index >= 15 is 0 Å². The van der Waals surface area contributed by atoms with Gasteiger partial charge in [-0.1, -0.05) is 0 Å². The maximum Gasteiger partial charge on any atom is 0.217 e. The van der Waals surface area contributed by atoms with E-state index in [1.165, 1.54) is 6.42 Å². The van der Waals surface area contributed by atoms with Gasteiger partial charge in [0, 0.05) is 12.5 Å². The smallest absolute Gasteiger partial charge is 0.217 e. The highest BCUT2D eigenvalue weighted by atomic mass is 16.1. The Balaban J connectivity index is 2.07. The number of carbonyl (C=O) groups is 1. The summed E-state index contributed by atoms with van der Waals surface area (Å²) < 4.78 is 0. The van der Waals surface area contributed by atoms with Crippen molar-refractivity contribution < 1.29 is 4.79 Å². The van der Waals surface area contributed by atoms with Crippen molar-refractivity contribution in [3.05, 3.63) is 6.42 Å². The van der Waals surface area contributed by atoms with Crippen LogP contribution in [0.3, 0.4) is 0 Å². The average Bonchev–Trinajstić information content (AvgIpc) is 2.34. The van der Waals surface area contributed by atoms with E-state index in [1.807, 2.05) is 6.42 Å². The first-order valence-corrected chi connectivity index (χ1v) is 3.64. The molecule has 1 aliphatic rings. The monoisotopic (exact) mass is 141 g/mol. The van der Waals surface area contributed by atoms with Crippen molar-refractivity contribution in [1.82, 2.24) is 5.32 Å². The van der Waals surface area contributed by atoms with Crippen LogP contribution in [0.15, 0.2) is 0 Å². The van der Waals surface area contributed by atoms with Crippen molar-refractivity contribution in [3.8, 4) is 0 Å². The number of primary amides is 1. The van der Waals surface area contributed by atoms with Gasteiger partial charge in [-0.05, 0) is 25.8 Å². The number of hydrogen-bond acceptors (Lipinski definition) is 2. The average molecular weight is 141 g/mol. The lowest BCUT2D eigenvalue weighted by molar-refractivity contribution is -0.117. The van der Waals surface area contributed by atoms with Crippen molar-refractivity contribution in [2.75, 3.05) is 6.54 Å². The Bertz CT molecular complexity index is 119. The van der Waals surface area contributed by atoms with E-state index in [0.717, 1.165) is 13.0 Å². The zero-order valence-electron chi connectivity index (χ0n) is 5.97. The molecule has 1 saturated heterocycles. The molecule has 1 amide bonds. The standard InChI is InChI=1S/C7H13N2O/c8-7(10)4-3-6-2-1-5-9-6/h3,6,9H,1-2,4-5H2,(H2,8,10)/t6-/m0/s1. The van der Waals surface area contributed by atoms with Crippen molar-refractivity contribution in [1.29, 1.82) is 0 Å². The molecule has 1 fully saturated rings. The predicted molar refractivity (Wildman–Crippen MR) is 39.1 cm³/mol. The van der Waals surface area contributed by atoms with E-state index in [4.69, 9.17) is 5.73 Å². The molecular formula is C7H13N2O. The van der Waals surface area contributed by atoms with Crippen LogP contribution in [0, 0.1) is 6.42 Å². The highest BCUT2D eigenvalue weighted by Gasteiger charge is 2.14. The summed E-state index contributed by atoms with van der Waals surface area (Å²) in [7, 11) is 0. The molecule has 0 bridgehead atoms.